The van der Waals surface area contributed by atoms with Crippen LogP contribution in [0.15, 0.2) is 42.7 Å². The van der Waals surface area contributed by atoms with E-state index in [1.54, 1.807) is 0 Å². The van der Waals surface area contributed by atoms with E-state index in [0.29, 0.717) is 0 Å². The number of para-hydroxylation sites is 1. The summed E-state index contributed by atoms with van der Waals surface area (Å²) in [6.07, 6.45) is 5.36. The number of hydrogen-bond acceptors (Lipinski definition) is 3. The van der Waals surface area contributed by atoms with E-state index in [9.17, 15) is 0 Å². The summed E-state index contributed by atoms with van der Waals surface area (Å²) in [6.45, 7) is 4.45. The van der Waals surface area contributed by atoms with Gasteiger partial charge in [0.1, 0.15) is 0 Å². The minimum absolute atomic E-state index is 0.796. The third-order valence-corrected chi connectivity index (χ3v) is 3.91. The zero-order valence-corrected chi connectivity index (χ0v) is 12.0. The van der Waals surface area contributed by atoms with Crippen molar-refractivity contribution in [1.82, 2.24) is 20.0 Å². The summed E-state index contributed by atoms with van der Waals surface area (Å²) in [7, 11) is 2.20. The molecule has 20 heavy (non-hydrogen) atoms. The first-order chi connectivity index (χ1) is 9.81. The first-order valence-electron chi connectivity index (χ1n) is 7.29. The van der Waals surface area contributed by atoms with E-state index in [4.69, 9.17) is 0 Å². The predicted molar refractivity (Wildman–Crippen MR) is 80.9 cm³/mol. The van der Waals surface area contributed by atoms with Crippen LogP contribution in [-0.2, 0) is 6.54 Å². The summed E-state index contributed by atoms with van der Waals surface area (Å²) in [5.74, 6) is 0.796. The first-order valence-corrected chi connectivity index (χ1v) is 7.29. The molecule has 0 amide bonds. The van der Waals surface area contributed by atoms with Crippen LogP contribution in [-0.4, -0.2) is 41.4 Å². The molecule has 106 valence electrons. The second-order valence-corrected chi connectivity index (χ2v) is 5.68. The quantitative estimate of drug-likeness (QED) is 0.901. The van der Waals surface area contributed by atoms with Gasteiger partial charge in [-0.15, -0.1) is 0 Å². The maximum Gasteiger partial charge on any atom is 0.0645 e. The van der Waals surface area contributed by atoms with Gasteiger partial charge in [-0.2, -0.15) is 5.10 Å². The zero-order chi connectivity index (χ0) is 13.8. The van der Waals surface area contributed by atoms with Crippen molar-refractivity contribution in [1.29, 1.82) is 0 Å². The molecule has 2 aromatic rings. The van der Waals surface area contributed by atoms with Gasteiger partial charge in [0.05, 0.1) is 11.9 Å². The monoisotopic (exact) mass is 270 g/mol. The van der Waals surface area contributed by atoms with Crippen molar-refractivity contribution < 1.29 is 0 Å². The lowest BCUT2D eigenvalue weighted by Crippen LogP contribution is -2.24. The van der Waals surface area contributed by atoms with E-state index in [1.807, 2.05) is 29.1 Å². The molecule has 1 fully saturated rings. The Labute approximate surface area is 120 Å². The van der Waals surface area contributed by atoms with Crippen molar-refractivity contribution in [2.45, 2.75) is 13.0 Å². The lowest BCUT2D eigenvalue weighted by atomic mass is 10.1. The van der Waals surface area contributed by atoms with E-state index < -0.39 is 0 Å². The van der Waals surface area contributed by atoms with Crippen LogP contribution in [0.1, 0.15) is 12.0 Å². The molecule has 1 saturated heterocycles. The van der Waals surface area contributed by atoms with Gasteiger partial charge in [0.2, 0.25) is 0 Å². The van der Waals surface area contributed by atoms with Crippen LogP contribution in [0.3, 0.4) is 0 Å². The number of nitrogens with zero attached hydrogens (tertiary/aromatic N) is 3. The van der Waals surface area contributed by atoms with Gasteiger partial charge < -0.3 is 10.2 Å². The summed E-state index contributed by atoms with van der Waals surface area (Å²) in [5, 5.41) is 7.97. The molecule has 1 aromatic carbocycles. The summed E-state index contributed by atoms with van der Waals surface area (Å²) in [4.78, 5) is 2.40. The molecule has 1 atom stereocenters. The summed E-state index contributed by atoms with van der Waals surface area (Å²) in [6, 6.07) is 10.2. The van der Waals surface area contributed by atoms with Gasteiger partial charge >= 0.3 is 0 Å². The molecule has 0 aliphatic carbocycles. The van der Waals surface area contributed by atoms with E-state index in [-0.39, 0.29) is 0 Å². The Hall–Kier alpha value is -1.65. The molecule has 1 aromatic heterocycles. The topological polar surface area (TPSA) is 33.1 Å². The van der Waals surface area contributed by atoms with Crippen molar-refractivity contribution in [3.8, 4) is 5.69 Å². The summed E-state index contributed by atoms with van der Waals surface area (Å²) in [5.41, 5.74) is 2.34. The normalized spacial score (nSPS) is 19.6. The van der Waals surface area contributed by atoms with Gasteiger partial charge in [-0.1, -0.05) is 18.2 Å². The lowest BCUT2D eigenvalue weighted by molar-refractivity contribution is 0.388. The number of hydrogen-bond donors (Lipinski definition) is 1. The third-order valence-electron chi connectivity index (χ3n) is 3.91. The number of rotatable bonds is 5. The molecule has 2 heterocycles. The highest BCUT2D eigenvalue weighted by molar-refractivity contribution is 5.30. The second kappa shape index (κ2) is 6.20. The lowest BCUT2D eigenvalue weighted by Gasteiger charge is -2.10. The smallest absolute Gasteiger partial charge is 0.0645 e. The molecule has 1 unspecified atom stereocenters. The molecule has 0 spiro atoms. The fourth-order valence-electron chi connectivity index (χ4n) is 2.79. The molecule has 3 rings (SSSR count). The van der Waals surface area contributed by atoms with Crippen LogP contribution in [0.4, 0.5) is 0 Å². The van der Waals surface area contributed by atoms with Gasteiger partial charge in [0, 0.05) is 24.8 Å². The minimum Gasteiger partial charge on any atom is -0.312 e. The van der Waals surface area contributed by atoms with E-state index in [0.717, 1.165) is 24.7 Å². The van der Waals surface area contributed by atoms with Crippen LogP contribution in [0.2, 0.25) is 0 Å². The fourth-order valence-corrected chi connectivity index (χ4v) is 2.79. The SMILES string of the molecule is CN1CCC(CNCc2cnn(-c3ccccc3)c2)C1. The molecule has 0 radical (unpaired) electrons. The second-order valence-electron chi connectivity index (χ2n) is 5.68. The fraction of sp³-hybridized carbons (Fsp3) is 0.438. The Balaban J connectivity index is 1.50. The molecular weight excluding hydrogens is 248 g/mol. The largest absolute Gasteiger partial charge is 0.312 e. The third kappa shape index (κ3) is 3.26. The highest BCUT2D eigenvalue weighted by Crippen LogP contribution is 2.13. The Morgan fingerprint density at radius 3 is 2.90 bits per heavy atom. The number of nitrogens with one attached hydrogen (secondary N) is 1. The van der Waals surface area contributed by atoms with Crippen molar-refractivity contribution >= 4 is 0 Å². The minimum atomic E-state index is 0.796. The standard InChI is InChI=1S/C16H22N4/c1-19-8-7-14(12-19)9-17-10-15-11-18-20(13-15)16-5-3-2-4-6-16/h2-6,11,13-14,17H,7-10,12H2,1H3. The number of likely N-dealkylation sites (tertiary alicyclic amines) is 1. The van der Waals surface area contributed by atoms with Crippen molar-refractivity contribution in [3.05, 3.63) is 48.3 Å². The van der Waals surface area contributed by atoms with E-state index in [2.05, 4.69) is 40.7 Å². The Morgan fingerprint density at radius 1 is 1.30 bits per heavy atom. The highest BCUT2D eigenvalue weighted by atomic mass is 15.3. The average Bonchev–Trinajstić information content (AvgIpc) is 3.09. The molecule has 0 saturated carbocycles. The molecular formula is C16H22N4. The van der Waals surface area contributed by atoms with Gasteiger partial charge in [-0.05, 0) is 44.6 Å². The number of aromatic nitrogens is 2. The van der Waals surface area contributed by atoms with Crippen LogP contribution in [0.5, 0.6) is 0 Å². The maximum absolute atomic E-state index is 4.42. The molecule has 4 heteroatoms. The van der Waals surface area contributed by atoms with Crippen LogP contribution in [0.25, 0.3) is 5.69 Å². The van der Waals surface area contributed by atoms with E-state index >= 15 is 0 Å². The summed E-state index contributed by atoms with van der Waals surface area (Å²) >= 11 is 0. The number of benzene rings is 1. The van der Waals surface area contributed by atoms with Gasteiger partial charge in [-0.25, -0.2) is 4.68 Å². The molecule has 4 nitrogen and oxygen atoms in total. The van der Waals surface area contributed by atoms with Crippen molar-refractivity contribution in [2.75, 3.05) is 26.7 Å². The highest BCUT2D eigenvalue weighted by Gasteiger charge is 2.18. The van der Waals surface area contributed by atoms with Crippen LogP contribution < -0.4 is 5.32 Å². The molecule has 1 aliphatic heterocycles. The van der Waals surface area contributed by atoms with Gasteiger partial charge in [0.25, 0.3) is 0 Å². The zero-order valence-electron chi connectivity index (χ0n) is 12.0. The Kier molecular flexibility index (Phi) is 4.14. The molecule has 0 bridgehead atoms. The van der Waals surface area contributed by atoms with Gasteiger partial charge in [0.15, 0.2) is 0 Å². The average molecular weight is 270 g/mol. The van der Waals surface area contributed by atoms with Gasteiger partial charge in [-0.3, -0.25) is 0 Å². The van der Waals surface area contributed by atoms with Crippen molar-refractivity contribution in [2.24, 2.45) is 5.92 Å². The molecule has 1 aliphatic rings. The van der Waals surface area contributed by atoms with E-state index in [1.165, 1.54) is 25.1 Å². The summed E-state index contributed by atoms with van der Waals surface area (Å²) < 4.78 is 1.93. The van der Waals surface area contributed by atoms with Crippen LogP contribution >= 0.6 is 0 Å². The Morgan fingerprint density at radius 2 is 2.15 bits per heavy atom. The Bertz CT molecular complexity index is 534. The van der Waals surface area contributed by atoms with Crippen LogP contribution in [0, 0.1) is 5.92 Å². The maximum atomic E-state index is 4.42. The molecule has 1 N–H and O–H groups in total. The predicted octanol–water partition coefficient (Wildman–Crippen LogP) is 1.91. The van der Waals surface area contributed by atoms with Crippen molar-refractivity contribution in [3.63, 3.8) is 0 Å². The first kappa shape index (κ1) is 13.3.